The lowest BCUT2D eigenvalue weighted by Crippen LogP contribution is -2.34. The van der Waals surface area contributed by atoms with Crippen LogP contribution in [0.3, 0.4) is 0 Å². The fraction of sp³-hybridized carbons (Fsp3) is 0.524. The number of hydrogen-bond acceptors (Lipinski definition) is 20. The summed E-state index contributed by atoms with van der Waals surface area (Å²) < 4.78 is 57.1. The molecule has 0 aromatic carbocycles. The third-order valence-corrected chi connectivity index (χ3v) is 8.06. The number of nitrogens with one attached hydrogen (secondary N) is 1. The van der Waals surface area contributed by atoms with Gasteiger partial charge >= 0.3 is 0 Å². The second-order valence-corrected chi connectivity index (χ2v) is 12.5. The van der Waals surface area contributed by atoms with Gasteiger partial charge in [0.25, 0.3) is 21.2 Å². The fourth-order valence-corrected chi connectivity index (χ4v) is 5.64. The Kier molecular flexibility index (Phi) is 10.3. The van der Waals surface area contributed by atoms with Crippen LogP contribution < -0.4 is 26.8 Å². The molecular weight excluding hydrogens is 678 g/mol. The van der Waals surface area contributed by atoms with Crippen LogP contribution in [0.25, 0.3) is 22.3 Å². The lowest BCUT2D eigenvalue weighted by molar-refractivity contribution is -0.234. The molecular formula is C21H28N10O14P2-2. The van der Waals surface area contributed by atoms with E-state index in [1.807, 2.05) is 0 Å². The molecule has 47 heavy (non-hydrogen) atoms. The first kappa shape index (κ1) is 34.8. The quantitative estimate of drug-likeness (QED) is 0.0646. The summed E-state index contributed by atoms with van der Waals surface area (Å²) in [6.07, 6.45) is -5.25. The number of rotatable bonds is 15. The number of ether oxygens (including phenoxy) is 3. The van der Waals surface area contributed by atoms with Crippen LogP contribution >= 0.6 is 15.6 Å². The molecule has 5 heterocycles. The van der Waals surface area contributed by atoms with E-state index in [4.69, 9.17) is 39.6 Å². The molecule has 0 bridgehead atoms. The van der Waals surface area contributed by atoms with Crippen molar-refractivity contribution in [3.8, 4) is 0 Å². The summed E-state index contributed by atoms with van der Waals surface area (Å²) in [6.45, 7) is -2.89. The highest BCUT2D eigenvalue weighted by atomic mass is 31.2. The van der Waals surface area contributed by atoms with Crippen molar-refractivity contribution in [1.82, 2.24) is 39.0 Å². The molecule has 258 valence electrons. The van der Waals surface area contributed by atoms with Crippen molar-refractivity contribution in [2.45, 2.75) is 36.9 Å². The van der Waals surface area contributed by atoms with Gasteiger partial charge in [0.1, 0.15) is 36.3 Å². The maximum Gasteiger partial charge on any atom is 0.280 e. The van der Waals surface area contributed by atoms with Gasteiger partial charge in [-0.05, 0) is 0 Å². The van der Waals surface area contributed by atoms with Crippen LogP contribution in [0, 0.1) is 0 Å². The molecule has 24 nitrogen and oxygen atoms in total. The average Bonchev–Trinajstić information content (AvgIpc) is 3.69. The number of H-pyrrole nitrogens is 1. The van der Waals surface area contributed by atoms with Crippen molar-refractivity contribution >= 4 is 49.7 Å². The fourth-order valence-electron chi connectivity index (χ4n) is 4.54. The lowest BCUT2D eigenvalue weighted by Gasteiger charge is -2.30. The number of fused-ring (bicyclic) bond motifs is 2. The summed E-state index contributed by atoms with van der Waals surface area (Å²) in [6, 6.07) is 0. The van der Waals surface area contributed by atoms with Gasteiger partial charge in [-0.25, -0.2) is 19.9 Å². The predicted octanol–water partition coefficient (Wildman–Crippen LogP) is -3.75. The summed E-state index contributed by atoms with van der Waals surface area (Å²) in [5, 5.41) is 21.1. The number of hydrogen-bond donors (Lipinski definition) is 6. The van der Waals surface area contributed by atoms with Crippen molar-refractivity contribution in [3.05, 3.63) is 29.3 Å². The number of aromatic amines is 1. The van der Waals surface area contributed by atoms with E-state index < -0.39 is 77.9 Å². The maximum absolute atomic E-state index is 12.7. The lowest BCUT2D eigenvalue weighted by atomic mass is 10.1. The molecule has 0 saturated carbocycles. The minimum absolute atomic E-state index is 0.0512. The topological polar surface area (TPSA) is 356 Å². The third-order valence-electron chi connectivity index (χ3n) is 6.66. The summed E-state index contributed by atoms with van der Waals surface area (Å²) in [4.78, 5) is 67.2. The second-order valence-electron chi connectivity index (χ2n) is 9.88. The number of nitrogens with zero attached hydrogens (tertiary/aromatic N) is 7. The molecule has 0 aliphatic carbocycles. The summed E-state index contributed by atoms with van der Waals surface area (Å²) in [7, 11) is -9.23. The molecule has 4 aromatic heterocycles. The average molecular weight is 706 g/mol. The monoisotopic (exact) mass is 706 g/mol. The molecule has 8 N–H and O–H groups in total. The highest BCUT2D eigenvalue weighted by molar-refractivity contribution is 7.45. The van der Waals surface area contributed by atoms with Crippen LogP contribution in [-0.4, -0.2) is 112 Å². The number of imidazole rings is 2. The Hall–Kier alpha value is -3.48. The van der Waals surface area contributed by atoms with Crippen LogP contribution in [0.15, 0.2) is 23.8 Å². The maximum atomic E-state index is 12.7. The zero-order valence-electron chi connectivity index (χ0n) is 24.0. The Morgan fingerprint density at radius 1 is 1.02 bits per heavy atom. The second kappa shape index (κ2) is 13.9. The molecule has 1 aliphatic rings. The van der Waals surface area contributed by atoms with E-state index in [1.165, 1.54) is 18.0 Å². The minimum atomic E-state index is -5.29. The number of aliphatic hydroxyl groups excluding tert-OH is 2. The molecule has 1 aliphatic heterocycles. The number of nitrogen functional groups attached to an aromatic ring is 2. The summed E-state index contributed by atoms with van der Waals surface area (Å²) in [5.74, 6) is -0.202. The van der Waals surface area contributed by atoms with Crippen LogP contribution in [0.4, 0.5) is 11.8 Å². The Morgan fingerprint density at radius 2 is 1.74 bits per heavy atom. The number of phosphoric acid groups is 2. The van der Waals surface area contributed by atoms with Gasteiger partial charge in [0.15, 0.2) is 35.1 Å². The largest absolute Gasteiger partial charge is 0.756 e. The van der Waals surface area contributed by atoms with E-state index in [1.54, 1.807) is 0 Å². The summed E-state index contributed by atoms with van der Waals surface area (Å²) >= 11 is 0. The van der Waals surface area contributed by atoms with E-state index >= 15 is 0 Å². The van der Waals surface area contributed by atoms with Gasteiger partial charge < -0.3 is 64.1 Å². The molecule has 8 atom stereocenters. The van der Waals surface area contributed by atoms with Gasteiger partial charge in [-0.2, -0.15) is 4.98 Å². The van der Waals surface area contributed by atoms with E-state index in [-0.39, 0.29) is 40.7 Å². The molecule has 5 rings (SSSR count). The highest BCUT2D eigenvalue weighted by Gasteiger charge is 2.45. The molecule has 3 unspecified atom stereocenters. The molecule has 1 fully saturated rings. The van der Waals surface area contributed by atoms with Crippen molar-refractivity contribution in [2.24, 2.45) is 0 Å². The minimum Gasteiger partial charge on any atom is -0.756 e. The number of aliphatic hydroxyl groups is 2. The number of phosphoric ester groups is 2. The predicted molar refractivity (Wildman–Crippen MR) is 149 cm³/mol. The molecule has 1 saturated heterocycles. The van der Waals surface area contributed by atoms with Crippen LogP contribution in [0.2, 0.25) is 0 Å². The zero-order chi connectivity index (χ0) is 34.1. The Bertz CT molecular complexity index is 1860. The Morgan fingerprint density at radius 3 is 2.47 bits per heavy atom. The van der Waals surface area contributed by atoms with Crippen molar-refractivity contribution in [3.63, 3.8) is 0 Å². The normalized spacial score (nSPS) is 24.0. The first-order valence-corrected chi connectivity index (χ1v) is 16.2. The van der Waals surface area contributed by atoms with Crippen LogP contribution in [0.1, 0.15) is 12.5 Å². The van der Waals surface area contributed by atoms with Crippen molar-refractivity contribution in [1.29, 1.82) is 0 Å². The standard InChI is InChI=1S/C21H30N10O14P2/c1-40-5-11(30-7-26-12-16(22)24-6-25-17(12)30)44-9(2-41-46(35,36)37)3-42-47(38,39)43-4-10-14(32)15(33)20(45-10)31-8-27-13-18(31)28-21(23)29-19(13)34/h6-11,14-15,20,32-33H,2-5H2,1H3,(H,38,39)(H2,22,24,25)(H2,35,36,37)(H3,23,28,29,34)/p-2/t9-,10-,11-,14+,15?,20-/m1/s1. The highest BCUT2D eigenvalue weighted by Crippen LogP contribution is 2.41. The number of aromatic nitrogens is 8. The first-order chi connectivity index (χ1) is 22.2. The number of anilines is 2. The van der Waals surface area contributed by atoms with Gasteiger partial charge in [-0.15, -0.1) is 0 Å². The smallest absolute Gasteiger partial charge is 0.280 e. The number of nitrogens with two attached hydrogens (primary N) is 2. The SMILES string of the molecule is COC[C@@H](O[C@H](COP(=O)([O-])O)COP(=O)([O-])OC[C@H]1O[C@@H](n2cnc3c(=O)[nH]c(N)nc32)C(O)[C@H]1O)n1cnc2c(N)ncnc21. The van der Waals surface area contributed by atoms with Gasteiger partial charge in [0, 0.05) is 7.11 Å². The van der Waals surface area contributed by atoms with E-state index in [9.17, 15) is 33.9 Å². The van der Waals surface area contributed by atoms with Crippen LogP contribution in [0.5, 0.6) is 0 Å². The zero-order valence-corrected chi connectivity index (χ0v) is 25.8. The van der Waals surface area contributed by atoms with Crippen LogP contribution in [-0.2, 0) is 36.9 Å². The van der Waals surface area contributed by atoms with E-state index in [2.05, 4.69) is 34.4 Å². The first-order valence-electron chi connectivity index (χ1n) is 13.3. The van der Waals surface area contributed by atoms with Crippen molar-refractivity contribution in [2.75, 3.05) is 45.0 Å². The van der Waals surface area contributed by atoms with Gasteiger partial charge in [0.2, 0.25) is 5.95 Å². The van der Waals surface area contributed by atoms with Gasteiger partial charge in [0.05, 0.1) is 39.1 Å². The molecule has 0 amide bonds. The third kappa shape index (κ3) is 7.98. The van der Waals surface area contributed by atoms with Gasteiger partial charge in [-0.1, -0.05) is 0 Å². The number of methoxy groups -OCH3 is 1. The summed E-state index contributed by atoms with van der Waals surface area (Å²) in [5.41, 5.74) is 10.9. The molecule has 0 radical (unpaired) electrons. The van der Waals surface area contributed by atoms with E-state index in [0.717, 1.165) is 17.2 Å². The Balaban J connectivity index is 1.25. The van der Waals surface area contributed by atoms with Crippen molar-refractivity contribution < 1.29 is 61.8 Å². The van der Waals surface area contributed by atoms with Gasteiger partial charge in [-0.3, -0.25) is 28.0 Å². The molecule has 26 heteroatoms. The molecule has 0 spiro atoms. The Labute approximate surface area is 262 Å². The molecule has 4 aromatic rings. The van der Waals surface area contributed by atoms with E-state index in [0.29, 0.717) is 0 Å².